The first kappa shape index (κ1) is 23.8. The van der Waals surface area contributed by atoms with Gasteiger partial charge in [-0.1, -0.05) is 42.5 Å². The number of hydrogen-bond acceptors (Lipinski definition) is 6. The number of furan rings is 1. The number of methoxy groups -OCH3 is 1. The number of nitrogens with one attached hydrogen (secondary N) is 1. The number of anilines is 1. The maximum Gasteiger partial charge on any atom is 0.273 e. The summed E-state index contributed by atoms with van der Waals surface area (Å²) in [6, 6.07) is 25.1. The third-order valence-corrected chi connectivity index (χ3v) is 6.91. The van der Waals surface area contributed by atoms with Gasteiger partial charge < -0.3 is 9.15 Å². The molecule has 35 heavy (non-hydrogen) atoms. The number of nitrogens with zero attached hydrogens (tertiary/aromatic N) is 2. The number of amides is 1. The Morgan fingerprint density at radius 1 is 0.971 bits per heavy atom. The molecule has 0 saturated heterocycles. The van der Waals surface area contributed by atoms with E-state index in [1.807, 2.05) is 30.3 Å². The highest BCUT2D eigenvalue weighted by Crippen LogP contribution is 2.30. The molecule has 178 valence electrons. The third-order valence-electron chi connectivity index (χ3n) is 5.13. The molecule has 0 aliphatic heterocycles. The first-order valence-electron chi connectivity index (χ1n) is 10.7. The molecule has 1 heterocycles. The maximum atomic E-state index is 13.8. The summed E-state index contributed by atoms with van der Waals surface area (Å²) < 4.78 is 39.1. The number of para-hydroxylation sites is 1. The Kier molecular flexibility index (Phi) is 7.27. The van der Waals surface area contributed by atoms with Gasteiger partial charge in [0.25, 0.3) is 15.9 Å². The average molecular weight is 490 g/mol. The maximum absolute atomic E-state index is 13.8. The zero-order valence-electron chi connectivity index (χ0n) is 18.9. The van der Waals surface area contributed by atoms with Crippen molar-refractivity contribution >= 4 is 27.8 Å². The monoisotopic (exact) mass is 489 g/mol. The minimum atomic E-state index is -4.04. The molecule has 1 aromatic heterocycles. The molecule has 0 aliphatic carbocycles. The number of rotatable bonds is 9. The van der Waals surface area contributed by atoms with Crippen LogP contribution in [0.2, 0.25) is 0 Å². The van der Waals surface area contributed by atoms with Crippen LogP contribution in [0.4, 0.5) is 5.69 Å². The quantitative estimate of drug-likeness (QED) is 0.277. The highest BCUT2D eigenvalue weighted by Gasteiger charge is 2.28. The number of hydrogen-bond donors (Lipinski definition) is 1. The first-order chi connectivity index (χ1) is 17.0. The second-order valence-corrected chi connectivity index (χ2v) is 9.27. The molecular weight excluding hydrogens is 466 g/mol. The fraction of sp³-hybridized carbons (Fsp3) is 0.0769. The molecule has 4 aromatic rings. The van der Waals surface area contributed by atoms with Gasteiger partial charge in [-0.05, 0) is 54.1 Å². The first-order valence-corrected chi connectivity index (χ1v) is 12.1. The van der Waals surface area contributed by atoms with Crippen molar-refractivity contribution in [3.8, 4) is 5.75 Å². The second-order valence-electron chi connectivity index (χ2n) is 7.40. The van der Waals surface area contributed by atoms with Crippen LogP contribution in [0.15, 0.2) is 112 Å². The highest BCUT2D eigenvalue weighted by molar-refractivity contribution is 7.92. The van der Waals surface area contributed by atoms with Crippen molar-refractivity contribution in [1.82, 2.24) is 5.43 Å². The number of ether oxygens (including phenoxy) is 1. The summed E-state index contributed by atoms with van der Waals surface area (Å²) in [4.78, 5) is 13.1. The lowest BCUT2D eigenvalue weighted by Crippen LogP contribution is -2.33. The van der Waals surface area contributed by atoms with E-state index in [1.54, 1.807) is 48.5 Å². The van der Waals surface area contributed by atoms with E-state index in [1.165, 1.54) is 36.0 Å². The fourth-order valence-corrected chi connectivity index (χ4v) is 4.86. The van der Waals surface area contributed by atoms with Crippen LogP contribution in [0, 0.1) is 0 Å². The van der Waals surface area contributed by atoms with E-state index in [4.69, 9.17) is 9.15 Å². The number of benzene rings is 3. The molecule has 8 nitrogen and oxygen atoms in total. The Hall–Kier alpha value is -4.37. The summed E-state index contributed by atoms with van der Waals surface area (Å²) in [7, 11) is -2.54. The second kappa shape index (κ2) is 10.7. The summed E-state index contributed by atoms with van der Waals surface area (Å²) >= 11 is 0. The summed E-state index contributed by atoms with van der Waals surface area (Å²) in [5.74, 6) is 0.436. The Balaban J connectivity index is 1.72. The fourth-order valence-electron chi connectivity index (χ4n) is 3.39. The predicted octanol–water partition coefficient (Wildman–Crippen LogP) is 4.45. The number of carbonyl (C=O) groups excluding carboxylic acids is 1. The van der Waals surface area contributed by atoms with Crippen LogP contribution in [0.5, 0.6) is 5.75 Å². The van der Waals surface area contributed by atoms with Gasteiger partial charge in [0.2, 0.25) is 0 Å². The SMILES string of the molecule is COc1ccc(S(=O)(=O)N(Cc2ccccc2)c2ccccc2C(=O)N/N=C/c2ccco2)cc1. The normalized spacial score (nSPS) is 11.3. The van der Waals surface area contributed by atoms with E-state index < -0.39 is 15.9 Å². The molecule has 1 N–H and O–H groups in total. The van der Waals surface area contributed by atoms with E-state index in [0.717, 1.165) is 5.56 Å². The minimum absolute atomic E-state index is 0.0230. The van der Waals surface area contributed by atoms with Crippen molar-refractivity contribution in [2.75, 3.05) is 11.4 Å². The summed E-state index contributed by atoms with van der Waals surface area (Å²) in [5.41, 5.74) is 3.57. The van der Waals surface area contributed by atoms with Crippen LogP contribution in [-0.2, 0) is 16.6 Å². The molecule has 9 heteroatoms. The molecule has 0 radical (unpaired) electrons. The Bertz CT molecular complexity index is 1400. The van der Waals surface area contributed by atoms with Crippen molar-refractivity contribution in [3.63, 3.8) is 0 Å². The smallest absolute Gasteiger partial charge is 0.273 e. The molecule has 0 saturated carbocycles. The van der Waals surface area contributed by atoms with Crippen LogP contribution in [0.25, 0.3) is 0 Å². The number of carbonyl (C=O) groups is 1. The van der Waals surface area contributed by atoms with Crippen LogP contribution in [-0.4, -0.2) is 27.6 Å². The molecule has 0 bridgehead atoms. The molecule has 0 unspecified atom stereocenters. The van der Waals surface area contributed by atoms with Crippen LogP contribution >= 0.6 is 0 Å². The molecule has 0 atom stereocenters. The standard InChI is InChI=1S/C26H23N3O5S/c1-33-21-13-15-23(16-14-21)35(31,32)29(19-20-8-3-2-4-9-20)25-12-6-5-11-24(25)26(30)28-27-18-22-10-7-17-34-22/h2-18H,19H2,1H3,(H,28,30)/b27-18+. The van der Waals surface area contributed by atoms with E-state index in [9.17, 15) is 13.2 Å². The van der Waals surface area contributed by atoms with Gasteiger partial charge in [-0.25, -0.2) is 13.8 Å². The van der Waals surface area contributed by atoms with Crippen molar-refractivity contribution in [2.24, 2.45) is 5.10 Å². The number of hydrazone groups is 1. The lowest BCUT2D eigenvalue weighted by atomic mass is 10.1. The van der Waals surface area contributed by atoms with Gasteiger partial charge in [0, 0.05) is 0 Å². The van der Waals surface area contributed by atoms with Crippen molar-refractivity contribution in [1.29, 1.82) is 0 Å². The molecule has 3 aromatic carbocycles. The molecule has 0 fully saturated rings. The van der Waals surface area contributed by atoms with E-state index in [0.29, 0.717) is 11.5 Å². The highest BCUT2D eigenvalue weighted by atomic mass is 32.2. The molecule has 0 aliphatic rings. The predicted molar refractivity (Wildman–Crippen MR) is 133 cm³/mol. The lowest BCUT2D eigenvalue weighted by molar-refractivity contribution is 0.0955. The minimum Gasteiger partial charge on any atom is -0.497 e. The Labute approximate surface area is 203 Å². The van der Waals surface area contributed by atoms with Gasteiger partial charge in [0.05, 0.1) is 42.3 Å². The Morgan fingerprint density at radius 2 is 1.69 bits per heavy atom. The zero-order chi connectivity index (χ0) is 24.7. The molecular formula is C26H23N3O5S. The van der Waals surface area contributed by atoms with E-state index in [2.05, 4.69) is 10.5 Å². The van der Waals surface area contributed by atoms with Crippen LogP contribution in [0.3, 0.4) is 0 Å². The number of sulfonamides is 1. The van der Waals surface area contributed by atoms with Crippen LogP contribution < -0.4 is 14.5 Å². The topological polar surface area (TPSA) is 101 Å². The lowest BCUT2D eigenvalue weighted by Gasteiger charge is -2.26. The average Bonchev–Trinajstić information content (AvgIpc) is 3.41. The Morgan fingerprint density at radius 3 is 2.37 bits per heavy atom. The van der Waals surface area contributed by atoms with E-state index in [-0.39, 0.29) is 22.7 Å². The zero-order valence-corrected chi connectivity index (χ0v) is 19.7. The van der Waals surface area contributed by atoms with Gasteiger partial charge in [-0.2, -0.15) is 5.10 Å². The van der Waals surface area contributed by atoms with Crippen molar-refractivity contribution in [2.45, 2.75) is 11.4 Å². The van der Waals surface area contributed by atoms with Gasteiger partial charge >= 0.3 is 0 Å². The summed E-state index contributed by atoms with van der Waals surface area (Å²) in [6.45, 7) is 0.0230. The van der Waals surface area contributed by atoms with Gasteiger partial charge in [-0.3, -0.25) is 9.10 Å². The van der Waals surface area contributed by atoms with Crippen molar-refractivity contribution < 1.29 is 22.4 Å². The summed E-state index contributed by atoms with van der Waals surface area (Å²) in [5, 5.41) is 3.91. The van der Waals surface area contributed by atoms with Gasteiger partial charge in [-0.15, -0.1) is 0 Å². The van der Waals surface area contributed by atoms with E-state index >= 15 is 0 Å². The van der Waals surface area contributed by atoms with Crippen molar-refractivity contribution in [3.05, 3.63) is 114 Å². The molecule has 1 amide bonds. The van der Waals surface area contributed by atoms with Gasteiger partial charge in [0.1, 0.15) is 11.5 Å². The molecule has 4 rings (SSSR count). The largest absolute Gasteiger partial charge is 0.497 e. The molecule has 0 spiro atoms. The van der Waals surface area contributed by atoms with Crippen LogP contribution in [0.1, 0.15) is 21.7 Å². The third kappa shape index (κ3) is 5.59. The van der Waals surface area contributed by atoms with Gasteiger partial charge in [0.15, 0.2) is 0 Å². The summed E-state index contributed by atoms with van der Waals surface area (Å²) in [6.07, 6.45) is 2.85.